The van der Waals surface area contributed by atoms with Gasteiger partial charge in [0.25, 0.3) is 5.91 Å². The van der Waals surface area contributed by atoms with E-state index in [0.29, 0.717) is 12.1 Å². The third-order valence-corrected chi connectivity index (χ3v) is 3.66. The molecule has 0 saturated heterocycles. The number of nitrogens with two attached hydrogens (primary N) is 1. The number of para-hydroxylation sites is 1. The van der Waals surface area contributed by atoms with Gasteiger partial charge in [-0.25, -0.2) is 8.42 Å². The molecule has 0 bridgehead atoms. The molecule has 0 aliphatic rings. The third-order valence-electron chi connectivity index (χ3n) is 2.36. The molecule has 4 N–H and O–H groups in total. The predicted molar refractivity (Wildman–Crippen MR) is 75.5 cm³/mol. The van der Waals surface area contributed by atoms with E-state index in [-0.39, 0.29) is 23.9 Å². The van der Waals surface area contributed by atoms with Gasteiger partial charge in [0.1, 0.15) is 0 Å². The van der Waals surface area contributed by atoms with Crippen LogP contribution in [0.25, 0.3) is 0 Å². The van der Waals surface area contributed by atoms with Gasteiger partial charge in [0.05, 0.1) is 17.0 Å². The van der Waals surface area contributed by atoms with Gasteiger partial charge in [-0.2, -0.15) is 0 Å². The van der Waals surface area contributed by atoms with E-state index in [1.165, 1.54) is 0 Å². The summed E-state index contributed by atoms with van der Waals surface area (Å²) in [5.41, 5.74) is 5.80. The molecular formula is C12H19N3O3S. The molecule has 7 heteroatoms. The first kappa shape index (κ1) is 15.5. The lowest BCUT2D eigenvalue weighted by molar-refractivity contribution is 0.0954. The smallest absolute Gasteiger partial charge is 0.253 e. The number of rotatable bonds is 7. The van der Waals surface area contributed by atoms with Crippen molar-refractivity contribution in [3.63, 3.8) is 0 Å². The Morgan fingerprint density at radius 2 is 2.00 bits per heavy atom. The predicted octanol–water partition coefficient (Wildman–Crippen LogP) is 0.527. The van der Waals surface area contributed by atoms with E-state index in [9.17, 15) is 13.2 Å². The fourth-order valence-corrected chi connectivity index (χ4v) is 2.40. The Morgan fingerprint density at radius 3 is 2.63 bits per heavy atom. The molecule has 1 aromatic rings. The Morgan fingerprint density at radius 1 is 1.32 bits per heavy atom. The molecule has 0 aromatic heterocycles. The van der Waals surface area contributed by atoms with Crippen LogP contribution in [0.1, 0.15) is 23.7 Å². The highest BCUT2D eigenvalue weighted by molar-refractivity contribution is 7.92. The van der Waals surface area contributed by atoms with Gasteiger partial charge in [0.15, 0.2) is 0 Å². The van der Waals surface area contributed by atoms with E-state index in [1.807, 2.05) is 6.92 Å². The first-order chi connectivity index (χ1) is 9.00. The molecule has 0 aliphatic carbocycles. The lowest BCUT2D eigenvalue weighted by Crippen LogP contribution is -2.27. The maximum atomic E-state index is 11.9. The van der Waals surface area contributed by atoms with Crippen LogP contribution in [0.4, 0.5) is 5.69 Å². The zero-order chi connectivity index (χ0) is 14.3. The number of benzene rings is 1. The molecule has 0 fully saturated rings. The number of nitrogens with one attached hydrogen (secondary N) is 2. The SMILES string of the molecule is CCCNC(=O)c1ccccc1NS(=O)(=O)CCN. The first-order valence-electron chi connectivity index (χ1n) is 6.08. The number of carbonyl (C=O) groups is 1. The average molecular weight is 285 g/mol. The molecule has 6 nitrogen and oxygen atoms in total. The van der Waals surface area contributed by atoms with Gasteiger partial charge in [0, 0.05) is 13.1 Å². The topological polar surface area (TPSA) is 101 Å². The third kappa shape index (κ3) is 4.88. The Hall–Kier alpha value is -1.60. The van der Waals surface area contributed by atoms with E-state index in [1.54, 1.807) is 24.3 Å². The van der Waals surface area contributed by atoms with Crippen molar-refractivity contribution in [3.8, 4) is 0 Å². The minimum Gasteiger partial charge on any atom is -0.352 e. The van der Waals surface area contributed by atoms with Gasteiger partial charge >= 0.3 is 0 Å². The van der Waals surface area contributed by atoms with Crippen molar-refractivity contribution >= 4 is 21.6 Å². The van der Waals surface area contributed by atoms with Crippen molar-refractivity contribution in [1.29, 1.82) is 0 Å². The summed E-state index contributed by atoms with van der Waals surface area (Å²) in [5.74, 6) is -0.481. The second-order valence-electron chi connectivity index (χ2n) is 4.01. The zero-order valence-electron chi connectivity index (χ0n) is 10.8. The van der Waals surface area contributed by atoms with E-state index >= 15 is 0 Å². The zero-order valence-corrected chi connectivity index (χ0v) is 11.7. The van der Waals surface area contributed by atoms with Crippen LogP contribution in [-0.4, -0.2) is 33.2 Å². The van der Waals surface area contributed by atoms with Crippen LogP contribution in [0.15, 0.2) is 24.3 Å². The molecular weight excluding hydrogens is 266 g/mol. The highest BCUT2D eigenvalue weighted by atomic mass is 32.2. The molecule has 1 rings (SSSR count). The van der Waals surface area contributed by atoms with Crippen LogP contribution in [-0.2, 0) is 10.0 Å². The van der Waals surface area contributed by atoms with Gasteiger partial charge in [0.2, 0.25) is 10.0 Å². The molecule has 0 atom stereocenters. The minimum atomic E-state index is -3.52. The summed E-state index contributed by atoms with van der Waals surface area (Å²) in [6.07, 6.45) is 0.812. The van der Waals surface area contributed by atoms with Gasteiger partial charge in [-0.15, -0.1) is 0 Å². The number of hydrogen-bond acceptors (Lipinski definition) is 4. The van der Waals surface area contributed by atoms with E-state index in [0.717, 1.165) is 6.42 Å². The van der Waals surface area contributed by atoms with Gasteiger partial charge in [-0.1, -0.05) is 19.1 Å². The molecule has 1 amide bonds. The summed E-state index contributed by atoms with van der Waals surface area (Å²) in [7, 11) is -3.52. The highest BCUT2D eigenvalue weighted by Crippen LogP contribution is 2.16. The highest BCUT2D eigenvalue weighted by Gasteiger charge is 2.15. The molecule has 106 valence electrons. The summed E-state index contributed by atoms with van der Waals surface area (Å²) in [6, 6.07) is 6.47. The Labute approximate surface area is 113 Å². The van der Waals surface area contributed by atoms with Crippen molar-refractivity contribution in [1.82, 2.24) is 5.32 Å². The van der Waals surface area contributed by atoms with Crippen LogP contribution < -0.4 is 15.8 Å². The molecule has 0 heterocycles. The summed E-state index contributed by atoms with van der Waals surface area (Å²) >= 11 is 0. The fourth-order valence-electron chi connectivity index (χ4n) is 1.48. The lowest BCUT2D eigenvalue weighted by atomic mass is 10.1. The summed E-state index contributed by atoms with van der Waals surface area (Å²) in [6.45, 7) is 2.51. The number of carbonyl (C=O) groups excluding carboxylic acids is 1. The molecule has 19 heavy (non-hydrogen) atoms. The molecule has 0 aliphatic heterocycles. The summed E-state index contributed by atoms with van der Waals surface area (Å²) in [4.78, 5) is 11.9. The monoisotopic (exact) mass is 285 g/mol. The minimum absolute atomic E-state index is 0.0273. The van der Waals surface area contributed by atoms with Crippen molar-refractivity contribution in [3.05, 3.63) is 29.8 Å². The maximum absolute atomic E-state index is 11.9. The second kappa shape index (κ2) is 7.10. The Balaban J connectivity index is 2.93. The fraction of sp³-hybridized carbons (Fsp3) is 0.417. The largest absolute Gasteiger partial charge is 0.352 e. The van der Waals surface area contributed by atoms with Gasteiger partial charge < -0.3 is 11.1 Å². The van der Waals surface area contributed by atoms with Crippen LogP contribution in [0.2, 0.25) is 0 Å². The average Bonchev–Trinajstić information content (AvgIpc) is 2.36. The second-order valence-corrected chi connectivity index (χ2v) is 5.85. The van der Waals surface area contributed by atoms with Crippen LogP contribution in [0.3, 0.4) is 0 Å². The number of anilines is 1. The van der Waals surface area contributed by atoms with Crippen molar-refractivity contribution < 1.29 is 13.2 Å². The van der Waals surface area contributed by atoms with Gasteiger partial charge in [-0.3, -0.25) is 9.52 Å². The van der Waals surface area contributed by atoms with Crippen molar-refractivity contribution in [2.24, 2.45) is 5.73 Å². The molecule has 1 aromatic carbocycles. The Bertz CT molecular complexity index is 529. The summed E-state index contributed by atoms with van der Waals surface area (Å²) < 4.78 is 25.7. The first-order valence-corrected chi connectivity index (χ1v) is 7.73. The van der Waals surface area contributed by atoms with Gasteiger partial charge in [-0.05, 0) is 18.6 Å². The molecule has 0 saturated carbocycles. The number of amides is 1. The lowest BCUT2D eigenvalue weighted by Gasteiger charge is -2.12. The Kier molecular flexibility index (Phi) is 5.78. The molecule has 0 spiro atoms. The normalized spacial score (nSPS) is 11.1. The van der Waals surface area contributed by atoms with Crippen molar-refractivity contribution in [2.75, 3.05) is 23.6 Å². The van der Waals surface area contributed by atoms with E-state index in [4.69, 9.17) is 5.73 Å². The molecule has 0 radical (unpaired) electrons. The van der Waals surface area contributed by atoms with Crippen LogP contribution >= 0.6 is 0 Å². The quantitative estimate of drug-likeness (QED) is 0.680. The van der Waals surface area contributed by atoms with Crippen LogP contribution in [0, 0.1) is 0 Å². The maximum Gasteiger partial charge on any atom is 0.253 e. The van der Waals surface area contributed by atoms with Crippen LogP contribution in [0.5, 0.6) is 0 Å². The van der Waals surface area contributed by atoms with E-state index in [2.05, 4.69) is 10.0 Å². The standard InChI is InChI=1S/C12H19N3O3S/c1-2-8-14-12(16)10-5-3-4-6-11(10)15-19(17,18)9-7-13/h3-6,15H,2,7-9,13H2,1H3,(H,14,16). The summed E-state index contributed by atoms with van der Waals surface area (Å²) in [5, 5.41) is 2.71. The van der Waals surface area contributed by atoms with E-state index < -0.39 is 10.0 Å². The van der Waals surface area contributed by atoms with Crippen molar-refractivity contribution in [2.45, 2.75) is 13.3 Å². The number of sulfonamides is 1. The number of hydrogen-bond donors (Lipinski definition) is 3. The molecule has 0 unspecified atom stereocenters.